The molecule has 17 heavy (non-hydrogen) atoms. The van der Waals surface area contributed by atoms with Crippen molar-refractivity contribution in [3.05, 3.63) is 29.8 Å². The molecular formula is C11H10F2O4. The maximum atomic E-state index is 12.1. The highest BCUT2D eigenvalue weighted by Gasteiger charge is 2.09. The summed E-state index contributed by atoms with van der Waals surface area (Å²) in [6, 6.07) is 4.12. The molecule has 4 nitrogen and oxygen atoms in total. The molecule has 0 saturated heterocycles. The standard InChI is InChI=1S/C11H10F2O4/c1-16-8-3-4-9(17-11(12)13)7(6-8)2-5-10(14)15/h2-6,11H,1H3,(H,14,15)/b5-2+. The minimum Gasteiger partial charge on any atom is -0.497 e. The molecule has 1 aromatic rings. The van der Waals surface area contributed by atoms with Crippen molar-refractivity contribution in [3.8, 4) is 11.5 Å². The Balaban J connectivity index is 3.06. The summed E-state index contributed by atoms with van der Waals surface area (Å²) in [5.41, 5.74) is 0.201. The van der Waals surface area contributed by atoms with E-state index in [1.165, 1.54) is 25.3 Å². The topological polar surface area (TPSA) is 55.8 Å². The minimum atomic E-state index is -2.97. The predicted molar refractivity (Wildman–Crippen MR) is 56.3 cm³/mol. The van der Waals surface area contributed by atoms with Crippen LogP contribution in [0.1, 0.15) is 5.56 Å². The van der Waals surface area contributed by atoms with Gasteiger partial charge in [0, 0.05) is 11.6 Å². The van der Waals surface area contributed by atoms with Crippen molar-refractivity contribution in [1.29, 1.82) is 0 Å². The van der Waals surface area contributed by atoms with Crippen molar-refractivity contribution in [3.63, 3.8) is 0 Å². The van der Waals surface area contributed by atoms with Gasteiger partial charge in [0.1, 0.15) is 11.5 Å². The van der Waals surface area contributed by atoms with Crippen LogP contribution in [0.2, 0.25) is 0 Å². The normalized spacial score (nSPS) is 10.8. The number of carboxylic acid groups (broad SMARTS) is 1. The van der Waals surface area contributed by atoms with E-state index in [0.717, 1.165) is 12.2 Å². The molecule has 0 unspecified atom stereocenters. The molecule has 0 bridgehead atoms. The van der Waals surface area contributed by atoms with Crippen LogP contribution in [-0.4, -0.2) is 24.8 Å². The molecule has 0 radical (unpaired) electrons. The number of hydrogen-bond acceptors (Lipinski definition) is 3. The fourth-order valence-electron chi connectivity index (χ4n) is 1.15. The van der Waals surface area contributed by atoms with Gasteiger partial charge < -0.3 is 14.6 Å². The van der Waals surface area contributed by atoms with Crippen molar-refractivity contribution in [2.45, 2.75) is 6.61 Å². The quantitative estimate of drug-likeness (QED) is 0.808. The maximum absolute atomic E-state index is 12.1. The molecule has 0 aliphatic carbocycles. The van der Waals surface area contributed by atoms with Crippen LogP contribution in [0.3, 0.4) is 0 Å². The third kappa shape index (κ3) is 4.10. The first-order valence-electron chi connectivity index (χ1n) is 4.57. The summed E-state index contributed by atoms with van der Waals surface area (Å²) in [5.74, 6) is -0.884. The molecule has 0 amide bonds. The molecular weight excluding hydrogens is 234 g/mol. The Hall–Kier alpha value is -2.11. The van der Waals surface area contributed by atoms with Crippen LogP contribution in [0.4, 0.5) is 8.78 Å². The summed E-state index contributed by atoms with van der Waals surface area (Å²) in [6.45, 7) is -2.97. The first-order valence-corrected chi connectivity index (χ1v) is 4.57. The highest BCUT2D eigenvalue weighted by Crippen LogP contribution is 2.26. The van der Waals surface area contributed by atoms with E-state index < -0.39 is 12.6 Å². The number of carboxylic acids is 1. The first kappa shape index (κ1) is 13.0. The summed E-state index contributed by atoms with van der Waals surface area (Å²) in [5, 5.41) is 8.47. The number of alkyl halides is 2. The monoisotopic (exact) mass is 244 g/mol. The minimum absolute atomic E-state index is 0.113. The van der Waals surface area contributed by atoms with E-state index in [0.29, 0.717) is 5.75 Å². The van der Waals surface area contributed by atoms with Crippen LogP contribution in [0.25, 0.3) is 6.08 Å². The Morgan fingerprint density at radius 1 is 1.47 bits per heavy atom. The maximum Gasteiger partial charge on any atom is 0.387 e. The van der Waals surface area contributed by atoms with E-state index in [2.05, 4.69) is 4.74 Å². The molecule has 0 saturated carbocycles. The lowest BCUT2D eigenvalue weighted by atomic mass is 10.1. The zero-order valence-corrected chi connectivity index (χ0v) is 8.89. The van der Waals surface area contributed by atoms with E-state index >= 15 is 0 Å². The molecule has 1 N–H and O–H groups in total. The van der Waals surface area contributed by atoms with Gasteiger partial charge in [-0.3, -0.25) is 0 Å². The SMILES string of the molecule is COc1ccc(OC(F)F)c(/C=C/C(=O)O)c1. The van der Waals surface area contributed by atoms with Crippen molar-refractivity contribution in [2.24, 2.45) is 0 Å². The van der Waals surface area contributed by atoms with Gasteiger partial charge in [-0.05, 0) is 24.3 Å². The summed E-state index contributed by atoms with van der Waals surface area (Å²) < 4.78 is 33.3. The molecule has 1 rings (SSSR count). The van der Waals surface area contributed by atoms with Gasteiger partial charge in [0.2, 0.25) is 0 Å². The van der Waals surface area contributed by atoms with Gasteiger partial charge in [-0.15, -0.1) is 0 Å². The fraction of sp³-hybridized carbons (Fsp3) is 0.182. The second-order valence-electron chi connectivity index (χ2n) is 2.95. The van der Waals surface area contributed by atoms with Gasteiger partial charge in [0.05, 0.1) is 7.11 Å². The smallest absolute Gasteiger partial charge is 0.387 e. The number of benzene rings is 1. The highest BCUT2D eigenvalue weighted by molar-refractivity contribution is 5.86. The fourth-order valence-corrected chi connectivity index (χ4v) is 1.15. The summed E-state index contributed by atoms with van der Waals surface area (Å²) in [7, 11) is 1.41. The Labute approximate surface area is 96.1 Å². The van der Waals surface area contributed by atoms with Gasteiger partial charge in [0.25, 0.3) is 0 Å². The van der Waals surface area contributed by atoms with Crippen molar-refractivity contribution < 1.29 is 28.2 Å². The first-order chi connectivity index (χ1) is 8.02. The van der Waals surface area contributed by atoms with Crippen LogP contribution in [0, 0.1) is 0 Å². The number of methoxy groups -OCH3 is 1. The third-order valence-corrected chi connectivity index (χ3v) is 1.84. The van der Waals surface area contributed by atoms with Crippen molar-refractivity contribution in [2.75, 3.05) is 7.11 Å². The number of ether oxygens (including phenoxy) is 2. The van der Waals surface area contributed by atoms with Gasteiger partial charge in [-0.25, -0.2) is 4.79 Å². The molecule has 92 valence electrons. The molecule has 0 aliphatic heterocycles. The molecule has 0 aliphatic rings. The molecule has 0 spiro atoms. The average Bonchev–Trinajstić information content (AvgIpc) is 2.27. The predicted octanol–water partition coefficient (Wildman–Crippen LogP) is 2.39. The molecule has 0 aromatic heterocycles. The van der Waals surface area contributed by atoms with Crippen LogP contribution in [-0.2, 0) is 4.79 Å². The van der Waals surface area contributed by atoms with Crippen LogP contribution in [0.5, 0.6) is 11.5 Å². The van der Waals surface area contributed by atoms with Gasteiger partial charge >= 0.3 is 12.6 Å². The highest BCUT2D eigenvalue weighted by atomic mass is 19.3. The van der Waals surface area contributed by atoms with E-state index in [1.54, 1.807) is 0 Å². The number of halogens is 2. The molecule has 0 fully saturated rings. The van der Waals surface area contributed by atoms with E-state index in [4.69, 9.17) is 9.84 Å². The summed E-state index contributed by atoms with van der Waals surface area (Å²) in [6.07, 6.45) is 1.98. The molecule has 6 heteroatoms. The van der Waals surface area contributed by atoms with Crippen LogP contribution < -0.4 is 9.47 Å². The Kier molecular flexibility index (Phi) is 4.45. The lowest BCUT2D eigenvalue weighted by molar-refractivity contribution is -0.131. The molecule has 1 aromatic carbocycles. The number of aliphatic carboxylic acids is 1. The van der Waals surface area contributed by atoms with Crippen LogP contribution in [0.15, 0.2) is 24.3 Å². The molecule has 0 heterocycles. The van der Waals surface area contributed by atoms with Crippen LogP contribution >= 0.6 is 0 Å². The number of hydrogen-bond donors (Lipinski definition) is 1. The Bertz CT molecular complexity index is 429. The van der Waals surface area contributed by atoms with E-state index in [-0.39, 0.29) is 11.3 Å². The summed E-state index contributed by atoms with van der Waals surface area (Å²) in [4.78, 5) is 10.4. The van der Waals surface area contributed by atoms with Gasteiger partial charge in [-0.1, -0.05) is 0 Å². The Morgan fingerprint density at radius 3 is 2.71 bits per heavy atom. The lowest BCUT2D eigenvalue weighted by Crippen LogP contribution is -2.03. The van der Waals surface area contributed by atoms with Crippen molar-refractivity contribution in [1.82, 2.24) is 0 Å². The lowest BCUT2D eigenvalue weighted by Gasteiger charge is -2.09. The van der Waals surface area contributed by atoms with E-state index in [1.807, 2.05) is 0 Å². The van der Waals surface area contributed by atoms with Crippen molar-refractivity contribution >= 4 is 12.0 Å². The third-order valence-electron chi connectivity index (χ3n) is 1.84. The number of carbonyl (C=O) groups is 1. The zero-order valence-electron chi connectivity index (χ0n) is 8.89. The molecule has 0 atom stereocenters. The zero-order chi connectivity index (χ0) is 12.8. The Morgan fingerprint density at radius 2 is 2.18 bits per heavy atom. The second kappa shape index (κ2) is 5.83. The van der Waals surface area contributed by atoms with E-state index in [9.17, 15) is 13.6 Å². The number of rotatable bonds is 5. The second-order valence-corrected chi connectivity index (χ2v) is 2.95. The summed E-state index contributed by atoms with van der Waals surface area (Å²) >= 11 is 0. The largest absolute Gasteiger partial charge is 0.497 e. The van der Waals surface area contributed by atoms with Gasteiger partial charge in [0.15, 0.2) is 0 Å². The average molecular weight is 244 g/mol. The van der Waals surface area contributed by atoms with Gasteiger partial charge in [-0.2, -0.15) is 8.78 Å².